The number of rotatable bonds is 5. The number of nitrogens with zero attached hydrogens (tertiary/aromatic N) is 1. The van der Waals surface area contributed by atoms with E-state index in [0.717, 1.165) is 12.8 Å². The minimum atomic E-state index is -1.34. The lowest BCUT2D eigenvalue weighted by Crippen LogP contribution is -2.49. The summed E-state index contributed by atoms with van der Waals surface area (Å²) >= 11 is 0. The SMILES string of the molecule is CCCc1ccc(C(C)(C(=O)O)N(C)C(C)=O)cc1. The van der Waals surface area contributed by atoms with Crippen LogP contribution in [0.2, 0.25) is 0 Å². The number of hydrogen-bond donors (Lipinski definition) is 1. The largest absolute Gasteiger partial charge is 0.479 e. The second-order valence-electron chi connectivity index (χ2n) is 4.90. The van der Waals surface area contributed by atoms with Crippen LogP contribution in [0.25, 0.3) is 0 Å². The number of carboxylic acids is 1. The highest BCUT2D eigenvalue weighted by molar-refractivity contribution is 5.86. The summed E-state index contributed by atoms with van der Waals surface area (Å²) in [7, 11) is 1.51. The van der Waals surface area contributed by atoms with E-state index in [-0.39, 0.29) is 5.91 Å². The smallest absolute Gasteiger partial charge is 0.334 e. The van der Waals surface area contributed by atoms with Gasteiger partial charge in [0, 0.05) is 14.0 Å². The van der Waals surface area contributed by atoms with E-state index in [2.05, 4.69) is 6.92 Å². The normalized spacial score (nSPS) is 13.7. The first-order chi connectivity index (χ1) is 8.83. The van der Waals surface area contributed by atoms with Crippen LogP contribution < -0.4 is 0 Å². The zero-order valence-corrected chi connectivity index (χ0v) is 11.9. The Balaban J connectivity index is 3.19. The third kappa shape index (κ3) is 2.95. The topological polar surface area (TPSA) is 57.6 Å². The second-order valence-corrected chi connectivity index (χ2v) is 4.90. The summed E-state index contributed by atoms with van der Waals surface area (Å²) in [6.45, 7) is 5.01. The van der Waals surface area contributed by atoms with Crippen LogP contribution >= 0.6 is 0 Å². The molecule has 0 aliphatic heterocycles. The van der Waals surface area contributed by atoms with Crippen molar-refractivity contribution in [3.63, 3.8) is 0 Å². The fourth-order valence-corrected chi connectivity index (χ4v) is 2.06. The molecule has 104 valence electrons. The quantitative estimate of drug-likeness (QED) is 0.887. The summed E-state index contributed by atoms with van der Waals surface area (Å²) < 4.78 is 0. The van der Waals surface area contributed by atoms with E-state index in [1.54, 1.807) is 19.1 Å². The average Bonchev–Trinajstić information content (AvgIpc) is 2.37. The van der Waals surface area contributed by atoms with Crippen LogP contribution in [0.15, 0.2) is 24.3 Å². The van der Waals surface area contributed by atoms with Gasteiger partial charge in [-0.15, -0.1) is 0 Å². The fourth-order valence-electron chi connectivity index (χ4n) is 2.06. The van der Waals surface area contributed by atoms with Gasteiger partial charge in [0.05, 0.1) is 0 Å². The molecule has 1 unspecified atom stereocenters. The van der Waals surface area contributed by atoms with Crippen molar-refractivity contribution < 1.29 is 14.7 Å². The molecule has 0 radical (unpaired) electrons. The number of amides is 1. The van der Waals surface area contributed by atoms with E-state index in [4.69, 9.17) is 0 Å². The maximum absolute atomic E-state index is 11.6. The molecule has 0 saturated heterocycles. The second kappa shape index (κ2) is 5.87. The number of carboxylic acid groups (broad SMARTS) is 1. The zero-order valence-electron chi connectivity index (χ0n) is 11.9. The van der Waals surface area contributed by atoms with Crippen LogP contribution in [0.3, 0.4) is 0 Å². The maximum atomic E-state index is 11.6. The number of likely N-dealkylation sites (N-methyl/N-ethyl adjacent to an activating group) is 1. The predicted octanol–water partition coefficient (Wildman–Crippen LogP) is 2.42. The Labute approximate surface area is 114 Å². The van der Waals surface area contributed by atoms with Gasteiger partial charge in [-0.2, -0.15) is 0 Å². The van der Waals surface area contributed by atoms with Crippen LogP contribution in [0.1, 0.15) is 38.3 Å². The molecule has 0 aliphatic rings. The molecule has 0 saturated carbocycles. The van der Waals surface area contributed by atoms with Gasteiger partial charge in [0.25, 0.3) is 0 Å². The van der Waals surface area contributed by atoms with Crippen molar-refractivity contribution in [2.24, 2.45) is 0 Å². The summed E-state index contributed by atoms with van der Waals surface area (Å²) in [6, 6.07) is 7.43. The van der Waals surface area contributed by atoms with Gasteiger partial charge in [-0.05, 0) is 24.5 Å². The van der Waals surface area contributed by atoms with Crippen LogP contribution in [-0.2, 0) is 21.5 Å². The Bertz CT molecular complexity index is 467. The van der Waals surface area contributed by atoms with Crippen LogP contribution in [0.5, 0.6) is 0 Å². The summed E-state index contributed by atoms with van der Waals surface area (Å²) in [6.07, 6.45) is 2.01. The van der Waals surface area contributed by atoms with Gasteiger partial charge in [0.1, 0.15) is 0 Å². The molecule has 1 N–H and O–H groups in total. The van der Waals surface area contributed by atoms with Gasteiger partial charge in [-0.1, -0.05) is 37.6 Å². The maximum Gasteiger partial charge on any atom is 0.334 e. The molecule has 4 nitrogen and oxygen atoms in total. The van der Waals surface area contributed by atoms with E-state index in [0.29, 0.717) is 5.56 Å². The Morgan fingerprint density at radius 2 is 1.79 bits per heavy atom. The Hall–Kier alpha value is -1.84. The summed E-state index contributed by atoms with van der Waals surface area (Å²) in [4.78, 5) is 24.3. The fraction of sp³-hybridized carbons (Fsp3) is 0.467. The van der Waals surface area contributed by atoms with Crippen molar-refractivity contribution >= 4 is 11.9 Å². The summed E-state index contributed by atoms with van der Waals surface area (Å²) in [5.41, 5.74) is 0.443. The third-order valence-electron chi connectivity index (χ3n) is 3.61. The number of aliphatic carboxylic acids is 1. The van der Waals surface area contributed by atoms with Gasteiger partial charge in [-0.3, -0.25) is 4.79 Å². The Morgan fingerprint density at radius 3 is 2.16 bits per heavy atom. The molecule has 4 heteroatoms. The molecule has 0 bridgehead atoms. The number of hydrogen-bond acceptors (Lipinski definition) is 2. The van der Waals surface area contributed by atoms with Crippen LogP contribution in [-0.4, -0.2) is 28.9 Å². The molecule has 0 fully saturated rings. The van der Waals surface area contributed by atoms with Crippen molar-refractivity contribution in [3.05, 3.63) is 35.4 Å². The first kappa shape index (κ1) is 15.2. The lowest BCUT2D eigenvalue weighted by Gasteiger charge is -2.35. The predicted molar refractivity (Wildman–Crippen MR) is 73.9 cm³/mol. The molecule has 1 aromatic rings. The first-order valence-electron chi connectivity index (χ1n) is 6.41. The lowest BCUT2D eigenvalue weighted by atomic mass is 9.89. The van der Waals surface area contributed by atoms with E-state index in [9.17, 15) is 14.7 Å². The van der Waals surface area contributed by atoms with E-state index in [1.165, 1.54) is 24.4 Å². The first-order valence-corrected chi connectivity index (χ1v) is 6.41. The molecule has 0 aliphatic carbocycles. The number of carbonyl (C=O) groups is 2. The Morgan fingerprint density at radius 1 is 1.26 bits per heavy atom. The third-order valence-corrected chi connectivity index (χ3v) is 3.61. The van der Waals surface area contributed by atoms with Crippen molar-refractivity contribution in [3.8, 4) is 0 Å². The highest BCUT2D eigenvalue weighted by Gasteiger charge is 2.40. The molecule has 1 atom stereocenters. The van der Waals surface area contributed by atoms with Crippen molar-refractivity contribution in [1.29, 1.82) is 0 Å². The molecule has 0 heterocycles. The van der Waals surface area contributed by atoms with E-state index in [1.807, 2.05) is 12.1 Å². The molecule has 1 aromatic carbocycles. The molecule has 19 heavy (non-hydrogen) atoms. The van der Waals surface area contributed by atoms with Gasteiger partial charge in [0.2, 0.25) is 5.91 Å². The van der Waals surface area contributed by atoms with Crippen LogP contribution in [0.4, 0.5) is 0 Å². The molecule has 1 rings (SSSR count). The monoisotopic (exact) mass is 263 g/mol. The van der Waals surface area contributed by atoms with Gasteiger partial charge < -0.3 is 10.0 Å². The standard InChI is InChI=1S/C15H21NO3/c1-5-6-12-7-9-13(10-8-12)15(3,14(18)19)16(4)11(2)17/h7-10H,5-6H2,1-4H3,(H,18,19). The highest BCUT2D eigenvalue weighted by Crippen LogP contribution is 2.28. The van der Waals surface area contributed by atoms with E-state index >= 15 is 0 Å². The Kier molecular flexibility index (Phi) is 4.70. The molecule has 0 aromatic heterocycles. The summed E-state index contributed by atoms with van der Waals surface area (Å²) in [5.74, 6) is -1.31. The highest BCUT2D eigenvalue weighted by atomic mass is 16.4. The summed E-state index contributed by atoms with van der Waals surface area (Å²) in [5, 5.41) is 9.48. The van der Waals surface area contributed by atoms with Crippen molar-refractivity contribution in [1.82, 2.24) is 4.90 Å². The number of benzene rings is 1. The van der Waals surface area contributed by atoms with Gasteiger partial charge in [-0.25, -0.2) is 4.79 Å². The number of carbonyl (C=O) groups excluding carboxylic acids is 1. The minimum absolute atomic E-state index is 0.275. The molecular weight excluding hydrogens is 242 g/mol. The zero-order chi connectivity index (χ0) is 14.6. The number of aryl methyl sites for hydroxylation is 1. The van der Waals surface area contributed by atoms with Crippen molar-refractivity contribution in [2.45, 2.75) is 39.2 Å². The minimum Gasteiger partial charge on any atom is -0.479 e. The lowest BCUT2D eigenvalue weighted by molar-refractivity contribution is -0.156. The average molecular weight is 263 g/mol. The van der Waals surface area contributed by atoms with Crippen molar-refractivity contribution in [2.75, 3.05) is 7.05 Å². The van der Waals surface area contributed by atoms with Gasteiger partial charge >= 0.3 is 5.97 Å². The van der Waals surface area contributed by atoms with Gasteiger partial charge in [0.15, 0.2) is 5.54 Å². The molecular formula is C15H21NO3. The molecule has 0 spiro atoms. The van der Waals surface area contributed by atoms with E-state index < -0.39 is 11.5 Å². The van der Waals surface area contributed by atoms with Crippen LogP contribution in [0, 0.1) is 0 Å². The molecule has 1 amide bonds.